The molecule has 0 bridgehead atoms. The first kappa shape index (κ1) is 17.0. The van der Waals surface area contributed by atoms with Gasteiger partial charge in [-0.05, 0) is 62.4 Å². The van der Waals surface area contributed by atoms with Gasteiger partial charge in [0.2, 0.25) is 0 Å². The Labute approximate surface area is 110 Å². The summed E-state index contributed by atoms with van der Waals surface area (Å²) in [5, 5.41) is 3.59. The zero-order chi connectivity index (χ0) is 13.3. The smallest absolute Gasteiger partial charge is 0.00464 e. The van der Waals surface area contributed by atoms with E-state index in [0.717, 1.165) is 23.7 Å². The lowest BCUT2D eigenvalue weighted by molar-refractivity contribution is 0.384. The van der Waals surface area contributed by atoms with Crippen LogP contribution in [0.1, 0.15) is 67.2 Å². The Bertz CT molecular complexity index is 145. The van der Waals surface area contributed by atoms with Crippen LogP contribution in [0.25, 0.3) is 0 Å². The summed E-state index contributed by atoms with van der Waals surface area (Å²) in [7, 11) is 0. The van der Waals surface area contributed by atoms with E-state index >= 15 is 0 Å². The van der Waals surface area contributed by atoms with Crippen LogP contribution < -0.4 is 5.32 Å². The molecule has 0 rings (SSSR count). The van der Waals surface area contributed by atoms with Gasteiger partial charge in [-0.15, -0.1) is 0 Å². The van der Waals surface area contributed by atoms with Crippen molar-refractivity contribution < 1.29 is 0 Å². The Balaban J connectivity index is 3.34. The molecule has 17 heavy (non-hydrogen) atoms. The highest BCUT2D eigenvalue weighted by molar-refractivity contribution is 4.61. The molecule has 0 aliphatic heterocycles. The maximum atomic E-state index is 3.59. The number of hydrogen-bond donors (Lipinski definition) is 1. The third-order valence-corrected chi connectivity index (χ3v) is 3.38. The van der Waals surface area contributed by atoms with Gasteiger partial charge in [0, 0.05) is 0 Å². The largest absolute Gasteiger partial charge is 0.317 e. The van der Waals surface area contributed by atoms with E-state index in [-0.39, 0.29) is 0 Å². The van der Waals surface area contributed by atoms with Gasteiger partial charge in [0.15, 0.2) is 0 Å². The molecule has 0 saturated heterocycles. The number of nitrogens with one attached hydrogen (secondary N) is 1. The molecule has 0 aliphatic rings. The van der Waals surface area contributed by atoms with Crippen LogP contribution in [-0.2, 0) is 0 Å². The molecule has 0 aromatic rings. The van der Waals surface area contributed by atoms with Gasteiger partial charge in [-0.1, -0.05) is 41.5 Å². The van der Waals surface area contributed by atoms with Gasteiger partial charge >= 0.3 is 0 Å². The molecule has 0 saturated carbocycles. The van der Waals surface area contributed by atoms with Gasteiger partial charge in [0.25, 0.3) is 0 Å². The standard InChI is InChI=1S/C16H35N/c1-13(2)11-15(5)7-9-17-10-8-16(6)12-14(3)4/h13-17H,7-12H2,1-6H3. The molecule has 0 amide bonds. The molecule has 0 aliphatic carbocycles. The van der Waals surface area contributed by atoms with Crippen LogP contribution in [0.5, 0.6) is 0 Å². The first-order valence-corrected chi connectivity index (χ1v) is 7.62. The minimum Gasteiger partial charge on any atom is -0.317 e. The van der Waals surface area contributed by atoms with E-state index in [9.17, 15) is 0 Å². The van der Waals surface area contributed by atoms with Gasteiger partial charge in [-0.25, -0.2) is 0 Å². The van der Waals surface area contributed by atoms with Crippen LogP contribution >= 0.6 is 0 Å². The normalized spacial score (nSPS) is 15.5. The molecule has 1 heteroatoms. The fourth-order valence-corrected chi connectivity index (χ4v) is 2.67. The average molecular weight is 241 g/mol. The topological polar surface area (TPSA) is 12.0 Å². The molecule has 0 heterocycles. The highest BCUT2D eigenvalue weighted by Gasteiger charge is 2.06. The van der Waals surface area contributed by atoms with Crippen molar-refractivity contribution in [1.82, 2.24) is 5.32 Å². The van der Waals surface area contributed by atoms with Crippen LogP contribution in [0.3, 0.4) is 0 Å². The summed E-state index contributed by atoms with van der Waals surface area (Å²) in [6.07, 6.45) is 5.39. The van der Waals surface area contributed by atoms with Crippen molar-refractivity contribution in [2.24, 2.45) is 23.7 Å². The van der Waals surface area contributed by atoms with Crippen molar-refractivity contribution >= 4 is 0 Å². The first-order valence-electron chi connectivity index (χ1n) is 7.62. The van der Waals surface area contributed by atoms with Crippen LogP contribution in [0.4, 0.5) is 0 Å². The lowest BCUT2D eigenvalue weighted by atomic mass is 9.95. The maximum Gasteiger partial charge on any atom is -0.00464 e. The van der Waals surface area contributed by atoms with Crippen molar-refractivity contribution in [2.45, 2.75) is 67.2 Å². The fraction of sp³-hybridized carbons (Fsp3) is 1.00. The van der Waals surface area contributed by atoms with Crippen LogP contribution in [0, 0.1) is 23.7 Å². The van der Waals surface area contributed by atoms with E-state index in [1.165, 1.54) is 38.8 Å². The lowest BCUT2D eigenvalue weighted by Crippen LogP contribution is -2.21. The summed E-state index contributed by atoms with van der Waals surface area (Å²) in [5.41, 5.74) is 0. The maximum absolute atomic E-state index is 3.59. The van der Waals surface area contributed by atoms with Gasteiger partial charge in [0.05, 0.1) is 0 Å². The molecule has 0 aromatic carbocycles. The number of hydrogen-bond acceptors (Lipinski definition) is 1. The highest BCUT2D eigenvalue weighted by atomic mass is 14.8. The van der Waals surface area contributed by atoms with Crippen molar-refractivity contribution in [2.75, 3.05) is 13.1 Å². The van der Waals surface area contributed by atoms with Gasteiger partial charge in [-0.2, -0.15) is 0 Å². The second kappa shape index (κ2) is 9.94. The Hall–Kier alpha value is -0.0400. The van der Waals surface area contributed by atoms with Gasteiger partial charge in [-0.3, -0.25) is 0 Å². The molecule has 0 spiro atoms. The van der Waals surface area contributed by atoms with E-state index in [4.69, 9.17) is 0 Å². The molecule has 0 radical (unpaired) electrons. The summed E-state index contributed by atoms with van der Waals surface area (Å²) in [6, 6.07) is 0. The Morgan fingerprint density at radius 2 is 1.00 bits per heavy atom. The molecular formula is C16H35N. The minimum atomic E-state index is 0.844. The third-order valence-electron chi connectivity index (χ3n) is 3.38. The Morgan fingerprint density at radius 3 is 1.29 bits per heavy atom. The summed E-state index contributed by atoms with van der Waals surface area (Å²) in [5.74, 6) is 3.43. The quantitative estimate of drug-likeness (QED) is 0.546. The highest BCUT2D eigenvalue weighted by Crippen LogP contribution is 2.15. The zero-order valence-electron chi connectivity index (χ0n) is 13.1. The summed E-state index contributed by atoms with van der Waals surface area (Å²) >= 11 is 0. The van der Waals surface area contributed by atoms with E-state index < -0.39 is 0 Å². The average Bonchev–Trinajstić information content (AvgIpc) is 2.14. The summed E-state index contributed by atoms with van der Waals surface area (Å²) < 4.78 is 0. The Morgan fingerprint density at radius 1 is 0.647 bits per heavy atom. The van der Waals surface area contributed by atoms with E-state index in [0.29, 0.717) is 0 Å². The predicted octanol–water partition coefficient (Wildman–Crippen LogP) is 4.72. The Kier molecular flexibility index (Phi) is 9.91. The third kappa shape index (κ3) is 12.2. The monoisotopic (exact) mass is 241 g/mol. The van der Waals surface area contributed by atoms with Crippen molar-refractivity contribution in [1.29, 1.82) is 0 Å². The predicted molar refractivity (Wildman–Crippen MR) is 79.3 cm³/mol. The van der Waals surface area contributed by atoms with Crippen molar-refractivity contribution in [3.63, 3.8) is 0 Å². The SMILES string of the molecule is CC(C)CC(C)CCNCCC(C)CC(C)C. The molecule has 1 N–H and O–H groups in total. The second-order valence-electron chi connectivity index (χ2n) is 6.80. The molecule has 1 nitrogen and oxygen atoms in total. The van der Waals surface area contributed by atoms with Crippen molar-refractivity contribution in [3.05, 3.63) is 0 Å². The van der Waals surface area contributed by atoms with Gasteiger partial charge < -0.3 is 5.32 Å². The zero-order valence-corrected chi connectivity index (χ0v) is 13.1. The first-order chi connectivity index (χ1) is 7.91. The summed E-state index contributed by atoms with van der Waals surface area (Å²) in [6.45, 7) is 16.4. The van der Waals surface area contributed by atoms with Crippen LogP contribution in [0.15, 0.2) is 0 Å². The summed E-state index contributed by atoms with van der Waals surface area (Å²) in [4.78, 5) is 0. The molecular weight excluding hydrogens is 206 g/mol. The molecule has 0 fully saturated rings. The van der Waals surface area contributed by atoms with E-state index in [1.54, 1.807) is 0 Å². The lowest BCUT2D eigenvalue weighted by Gasteiger charge is -2.16. The van der Waals surface area contributed by atoms with Crippen LogP contribution in [-0.4, -0.2) is 13.1 Å². The van der Waals surface area contributed by atoms with E-state index in [2.05, 4.69) is 46.9 Å². The van der Waals surface area contributed by atoms with E-state index in [1.807, 2.05) is 0 Å². The second-order valence-corrected chi connectivity index (χ2v) is 6.80. The molecule has 104 valence electrons. The fourth-order valence-electron chi connectivity index (χ4n) is 2.67. The minimum absolute atomic E-state index is 0.844. The van der Waals surface area contributed by atoms with Crippen LogP contribution in [0.2, 0.25) is 0 Å². The molecule has 2 unspecified atom stereocenters. The van der Waals surface area contributed by atoms with Crippen molar-refractivity contribution in [3.8, 4) is 0 Å². The van der Waals surface area contributed by atoms with Gasteiger partial charge in [0.1, 0.15) is 0 Å². The molecule has 0 aromatic heterocycles. The molecule has 2 atom stereocenters. The number of rotatable bonds is 10.